The molecule has 2 aromatic rings. The van der Waals surface area contributed by atoms with Gasteiger partial charge in [0.05, 0.1) is 11.7 Å². The van der Waals surface area contributed by atoms with E-state index in [-0.39, 0.29) is 16.6 Å². The number of nitrogens with zero attached hydrogens (tertiary/aromatic N) is 2. The molecule has 1 aliphatic rings. The first kappa shape index (κ1) is 17.3. The van der Waals surface area contributed by atoms with Crippen LogP contribution in [0.1, 0.15) is 12.0 Å². The Morgan fingerprint density at radius 1 is 1.20 bits per heavy atom. The SMILES string of the molecule is COC1CCN(c2ccc(NS(=O)(=O)c3ccccc3C#N)cc2)C1. The number of anilines is 2. The average molecular weight is 357 g/mol. The third-order valence-electron chi connectivity index (χ3n) is 4.26. The summed E-state index contributed by atoms with van der Waals surface area (Å²) in [5.41, 5.74) is 1.60. The van der Waals surface area contributed by atoms with Crippen LogP contribution in [0.25, 0.3) is 0 Å². The van der Waals surface area contributed by atoms with Gasteiger partial charge in [0.25, 0.3) is 10.0 Å². The zero-order valence-corrected chi connectivity index (χ0v) is 14.7. The molecule has 1 fully saturated rings. The highest BCUT2D eigenvalue weighted by Gasteiger charge is 2.22. The molecular weight excluding hydrogens is 338 g/mol. The average Bonchev–Trinajstić information content (AvgIpc) is 3.11. The second kappa shape index (κ2) is 7.13. The van der Waals surface area contributed by atoms with Gasteiger partial charge in [-0.1, -0.05) is 12.1 Å². The van der Waals surface area contributed by atoms with Gasteiger partial charge in [-0.15, -0.1) is 0 Å². The Morgan fingerprint density at radius 3 is 2.56 bits per heavy atom. The molecule has 0 spiro atoms. The van der Waals surface area contributed by atoms with E-state index in [2.05, 4.69) is 9.62 Å². The lowest BCUT2D eigenvalue weighted by Crippen LogP contribution is -2.22. The van der Waals surface area contributed by atoms with E-state index in [9.17, 15) is 8.42 Å². The molecule has 25 heavy (non-hydrogen) atoms. The number of hydrogen-bond donors (Lipinski definition) is 1. The lowest BCUT2D eigenvalue weighted by atomic mass is 10.2. The van der Waals surface area contributed by atoms with E-state index in [0.29, 0.717) is 5.69 Å². The highest BCUT2D eigenvalue weighted by molar-refractivity contribution is 7.92. The normalized spacial score (nSPS) is 17.3. The lowest BCUT2D eigenvalue weighted by Gasteiger charge is -2.19. The molecule has 1 atom stereocenters. The minimum atomic E-state index is -3.81. The summed E-state index contributed by atoms with van der Waals surface area (Å²) in [4.78, 5) is 2.18. The predicted octanol–water partition coefficient (Wildman–Crippen LogP) is 2.58. The van der Waals surface area contributed by atoms with E-state index in [1.54, 1.807) is 31.4 Å². The van der Waals surface area contributed by atoms with Gasteiger partial charge in [0.1, 0.15) is 11.0 Å². The van der Waals surface area contributed by atoms with E-state index in [1.807, 2.05) is 18.2 Å². The lowest BCUT2D eigenvalue weighted by molar-refractivity contribution is 0.121. The summed E-state index contributed by atoms with van der Waals surface area (Å²) in [6, 6.07) is 15.3. The molecule has 1 aliphatic heterocycles. The van der Waals surface area contributed by atoms with Gasteiger partial charge in [0.15, 0.2) is 0 Å². The molecule has 0 aromatic heterocycles. The molecule has 7 heteroatoms. The van der Waals surface area contributed by atoms with Gasteiger partial charge in [0.2, 0.25) is 0 Å². The Balaban J connectivity index is 1.76. The largest absolute Gasteiger partial charge is 0.380 e. The fourth-order valence-electron chi connectivity index (χ4n) is 2.90. The van der Waals surface area contributed by atoms with E-state index in [4.69, 9.17) is 10.00 Å². The maximum Gasteiger partial charge on any atom is 0.263 e. The summed E-state index contributed by atoms with van der Waals surface area (Å²) < 4.78 is 32.9. The fourth-order valence-corrected chi connectivity index (χ4v) is 4.12. The molecule has 6 nitrogen and oxygen atoms in total. The summed E-state index contributed by atoms with van der Waals surface area (Å²) >= 11 is 0. The molecule has 130 valence electrons. The van der Waals surface area contributed by atoms with Crippen molar-refractivity contribution in [3.05, 3.63) is 54.1 Å². The smallest absolute Gasteiger partial charge is 0.263 e. The van der Waals surface area contributed by atoms with E-state index >= 15 is 0 Å². The van der Waals surface area contributed by atoms with Crippen molar-refractivity contribution in [3.8, 4) is 6.07 Å². The second-order valence-corrected chi connectivity index (χ2v) is 7.50. The Bertz CT molecular complexity index is 889. The van der Waals surface area contributed by atoms with Crippen molar-refractivity contribution < 1.29 is 13.2 Å². The number of rotatable bonds is 5. The van der Waals surface area contributed by atoms with Crippen LogP contribution in [0.5, 0.6) is 0 Å². The summed E-state index contributed by atoms with van der Waals surface area (Å²) in [6.45, 7) is 1.75. The Labute approximate surface area is 147 Å². The number of methoxy groups -OCH3 is 1. The first-order valence-electron chi connectivity index (χ1n) is 7.93. The molecule has 1 N–H and O–H groups in total. The van der Waals surface area contributed by atoms with Crippen molar-refractivity contribution in [2.75, 3.05) is 29.8 Å². The van der Waals surface area contributed by atoms with Crippen LogP contribution in [0.15, 0.2) is 53.4 Å². The third kappa shape index (κ3) is 3.76. The Morgan fingerprint density at radius 2 is 1.92 bits per heavy atom. The molecule has 1 unspecified atom stereocenters. The fraction of sp³-hybridized carbons (Fsp3) is 0.278. The van der Waals surface area contributed by atoms with Crippen molar-refractivity contribution in [2.45, 2.75) is 17.4 Å². The van der Waals surface area contributed by atoms with Crippen molar-refractivity contribution >= 4 is 21.4 Å². The number of sulfonamides is 1. The van der Waals surface area contributed by atoms with E-state index in [0.717, 1.165) is 25.2 Å². The first-order valence-corrected chi connectivity index (χ1v) is 9.41. The molecule has 1 saturated heterocycles. The molecule has 0 bridgehead atoms. The second-order valence-electron chi connectivity index (χ2n) is 5.85. The highest BCUT2D eigenvalue weighted by Crippen LogP contribution is 2.25. The monoisotopic (exact) mass is 357 g/mol. The van der Waals surface area contributed by atoms with Crippen LogP contribution in [0.2, 0.25) is 0 Å². The number of nitrogens with one attached hydrogen (secondary N) is 1. The molecule has 0 radical (unpaired) electrons. The minimum Gasteiger partial charge on any atom is -0.380 e. The minimum absolute atomic E-state index is 0.0240. The van der Waals surface area contributed by atoms with Gasteiger partial charge < -0.3 is 9.64 Å². The predicted molar refractivity (Wildman–Crippen MR) is 96.0 cm³/mol. The molecule has 0 saturated carbocycles. The van der Waals surface area contributed by atoms with Gasteiger partial charge in [-0.25, -0.2) is 8.42 Å². The number of ether oxygens (including phenoxy) is 1. The maximum atomic E-state index is 12.5. The molecule has 2 aromatic carbocycles. The number of nitriles is 1. The van der Waals surface area contributed by atoms with Crippen LogP contribution in [0.3, 0.4) is 0 Å². The molecule has 3 rings (SSSR count). The molecule has 0 aliphatic carbocycles. The maximum absolute atomic E-state index is 12.5. The Hall–Kier alpha value is -2.56. The van der Waals surface area contributed by atoms with Crippen molar-refractivity contribution in [2.24, 2.45) is 0 Å². The molecule has 0 amide bonds. The first-order chi connectivity index (χ1) is 12.0. The quantitative estimate of drug-likeness (QED) is 0.889. The zero-order chi connectivity index (χ0) is 17.9. The molecule has 1 heterocycles. The van der Waals surface area contributed by atoms with Crippen LogP contribution >= 0.6 is 0 Å². The van der Waals surface area contributed by atoms with Crippen molar-refractivity contribution in [1.29, 1.82) is 5.26 Å². The summed E-state index contributed by atoms with van der Waals surface area (Å²) in [5.74, 6) is 0. The van der Waals surface area contributed by atoms with E-state index < -0.39 is 10.0 Å². The van der Waals surface area contributed by atoms with Gasteiger partial charge in [-0.3, -0.25) is 4.72 Å². The summed E-state index contributed by atoms with van der Waals surface area (Å²) in [6.07, 6.45) is 1.22. The van der Waals surface area contributed by atoms with Crippen LogP contribution in [-0.4, -0.2) is 34.7 Å². The van der Waals surface area contributed by atoms with Crippen LogP contribution in [0.4, 0.5) is 11.4 Å². The van der Waals surface area contributed by atoms with Crippen molar-refractivity contribution in [1.82, 2.24) is 0 Å². The number of hydrogen-bond acceptors (Lipinski definition) is 5. The Kier molecular flexibility index (Phi) is 4.93. The highest BCUT2D eigenvalue weighted by atomic mass is 32.2. The van der Waals surface area contributed by atoms with Crippen LogP contribution in [0, 0.1) is 11.3 Å². The van der Waals surface area contributed by atoms with Gasteiger partial charge in [-0.05, 0) is 42.8 Å². The summed E-state index contributed by atoms with van der Waals surface area (Å²) in [7, 11) is -2.09. The standard InChI is InChI=1S/C18H19N3O3S/c1-24-17-10-11-21(13-17)16-8-6-15(7-9-16)20-25(22,23)18-5-3-2-4-14(18)12-19/h2-9,17,20H,10-11,13H2,1H3. The summed E-state index contributed by atoms with van der Waals surface area (Å²) in [5, 5.41) is 9.09. The number of benzene rings is 2. The van der Waals surface area contributed by atoms with Crippen LogP contribution in [-0.2, 0) is 14.8 Å². The van der Waals surface area contributed by atoms with Gasteiger partial charge in [0, 0.05) is 31.6 Å². The van der Waals surface area contributed by atoms with Gasteiger partial charge >= 0.3 is 0 Å². The van der Waals surface area contributed by atoms with Crippen molar-refractivity contribution in [3.63, 3.8) is 0 Å². The van der Waals surface area contributed by atoms with Gasteiger partial charge in [-0.2, -0.15) is 5.26 Å². The molecular formula is C18H19N3O3S. The van der Waals surface area contributed by atoms with E-state index in [1.165, 1.54) is 12.1 Å². The third-order valence-corrected chi connectivity index (χ3v) is 5.70. The topological polar surface area (TPSA) is 82.4 Å². The van der Waals surface area contributed by atoms with Crippen LogP contribution < -0.4 is 9.62 Å². The zero-order valence-electron chi connectivity index (χ0n) is 13.8.